The molecule has 1 aliphatic rings. The van der Waals surface area contributed by atoms with Gasteiger partial charge < -0.3 is 10.5 Å². The summed E-state index contributed by atoms with van der Waals surface area (Å²) in [5.41, 5.74) is 5.77. The highest BCUT2D eigenvalue weighted by Crippen LogP contribution is 2.30. The van der Waals surface area contributed by atoms with E-state index >= 15 is 0 Å². The highest BCUT2D eigenvalue weighted by atomic mass is 16.5. The van der Waals surface area contributed by atoms with Crippen LogP contribution in [0.15, 0.2) is 6.07 Å². The predicted molar refractivity (Wildman–Crippen MR) is 64.4 cm³/mol. The van der Waals surface area contributed by atoms with E-state index in [1.807, 2.05) is 0 Å². The Kier molecular flexibility index (Phi) is 3.36. The number of rotatable bonds is 2. The van der Waals surface area contributed by atoms with Crippen molar-refractivity contribution >= 4 is 11.8 Å². The van der Waals surface area contributed by atoms with E-state index in [0.717, 1.165) is 12.8 Å². The molecular formula is C12H19N3O2. The molecule has 94 valence electrons. The first-order valence-corrected chi connectivity index (χ1v) is 6.06. The summed E-state index contributed by atoms with van der Waals surface area (Å²) in [6.45, 7) is 4.40. The Morgan fingerprint density at radius 1 is 1.41 bits per heavy atom. The second-order valence-electron chi connectivity index (χ2n) is 5.15. The van der Waals surface area contributed by atoms with Crippen molar-refractivity contribution in [3.8, 4) is 0 Å². The van der Waals surface area contributed by atoms with Crippen LogP contribution in [-0.2, 0) is 4.74 Å². The molecule has 1 aromatic heterocycles. The molecule has 0 radical (unpaired) electrons. The van der Waals surface area contributed by atoms with Crippen LogP contribution in [0.5, 0.6) is 0 Å². The molecule has 2 unspecified atom stereocenters. The molecule has 17 heavy (non-hydrogen) atoms. The maximum Gasteiger partial charge on any atom is 0.356 e. The van der Waals surface area contributed by atoms with Crippen LogP contribution in [0.2, 0.25) is 0 Å². The minimum atomic E-state index is -0.361. The number of carbonyl (C=O) groups is 1. The third-order valence-electron chi connectivity index (χ3n) is 3.23. The van der Waals surface area contributed by atoms with E-state index in [9.17, 15) is 4.79 Å². The Bertz CT molecular complexity index is 392. The average molecular weight is 237 g/mol. The Morgan fingerprint density at radius 2 is 2.06 bits per heavy atom. The minimum absolute atomic E-state index is 0.0192. The van der Waals surface area contributed by atoms with Gasteiger partial charge in [0.2, 0.25) is 0 Å². The van der Waals surface area contributed by atoms with E-state index in [1.54, 1.807) is 0 Å². The fraction of sp³-hybridized carbons (Fsp3) is 0.667. The predicted octanol–water partition coefficient (Wildman–Crippen LogP) is 1.97. The number of H-pyrrole nitrogens is 1. The lowest BCUT2D eigenvalue weighted by Crippen LogP contribution is -2.28. The van der Waals surface area contributed by atoms with Gasteiger partial charge in [-0.3, -0.25) is 5.10 Å². The van der Waals surface area contributed by atoms with Gasteiger partial charge in [-0.15, -0.1) is 0 Å². The van der Waals surface area contributed by atoms with Crippen LogP contribution in [0.25, 0.3) is 0 Å². The highest BCUT2D eigenvalue weighted by Gasteiger charge is 2.27. The van der Waals surface area contributed by atoms with E-state index in [4.69, 9.17) is 10.5 Å². The molecule has 1 aliphatic carbocycles. The zero-order valence-corrected chi connectivity index (χ0v) is 10.3. The van der Waals surface area contributed by atoms with Crippen LogP contribution >= 0.6 is 0 Å². The Balaban J connectivity index is 1.94. The number of nitrogens with zero attached hydrogens (tertiary/aromatic N) is 1. The molecule has 1 heterocycles. The number of nitrogen functional groups attached to an aromatic ring is 1. The quantitative estimate of drug-likeness (QED) is 0.770. The van der Waals surface area contributed by atoms with Crippen molar-refractivity contribution < 1.29 is 9.53 Å². The molecule has 0 spiro atoms. The van der Waals surface area contributed by atoms with Gasteiger partial charge in [0, 0.05) is 6.07 Å². The largest absolute Gasteiger partial charge is 0.458 e. The Labute approximate surface area is 101 Å². The third-order valence-corrected chi connectivity index (χ3v) is 3.23. The first kappa shape index (κ1) is 12.0. The number of esters is 1. The number of nitrogens with one attached hydrogen (secondary N) is 1. The van der Waals surface area contributed by atoms with Crippen molar-refractivity contribution in [2.75, 3.05) is 5.73 Å². The summed E-state index contributed by atoms with van der Waals surface area (Å²) in [4.78, 5) is 11.8. The highest BCUT2D eigenvalue weighted by molar-refractivity contribution is 5.88. The van der Waals surface area contributed by atoms with Crippen LogP contribution < -0.4 is 5.73 Å². The molecular weight excluding hydrogens is 218 g/mol. The topological polar surface area (TPSA) is 81.0 Å². The molecule has 1 aromatic rings. The first-order valence-electron chi connectivity index (χ1n) is 6.06. The van der Waals surface area contributed by atoms with Crippen molar-refractivity contribution in [3.05, 3.63) is 11.8 Å². The van der Waals surface area contributed by atoms with Crippen LogP contribution in [0.4, 0.5) is 5.82 Å². The number of aromatic nitrogens is 2. The van der Waals surface area contributed by atoms with Crippen LogP contribution in [-0.4, -0.2) is 22.3 Å². The van der Waals surface area contributed by atoms with Gasteiger partial charge in [-0.2, -0.15) is 5.10 Å². The SMILES string of the molecule is CC1CC(C)CC(OC(=O)c2cc(N)n[nH]2)C1. The van der Waals surface area contributed by atoms with Gasteiger partial charge in [-0.1, -0.05) is 13.8 Å². The van der Waals surface area contributed by atoms with E-state index < -0.39 is 0 Å². The molecule has 0 bridgehead atoms. The molecule has 0 saturated heterocycles. The number of carbonyl (C=O) groups excluding carboxylic acids is 1. The molecule has 3 N–H and O–H groups in total. The number of nitrogens with two attached hydrogens (primary N) is 1. The number of hydrogen-bond acceptors (Lipinski definition) is 4. The zero-order chi connectivity index (χ0) is 12.4. The summed E-state index contributed by atoms with van der Waals surface area (Å²) in [6, 6.07) is 1.50. The van der Waals surface area contributed by atoms with E-state index in [0.29, 0.717) is 23.3 Å². The van der Waals surface area contributed by atoms with Crippen molar-refractivity contribution in [1.82, 2.24) is 10.2 Å². The lowest BCUT2D eigenvalue weighted by molar-refractivity contribution is 0.00745. The summed E-state index contributed by atoms with van der Waals surface area (Å²) in [5.74, 6) is 1.18. The second kappa shape index (κ2) is 4.77. The summed E-state index contributed by atoms with van der Waals surface area (Å²) in [5, 5.41) is 6.28. The summed E-state index contributed by atoms with van der Waals surface area (Å²) in [7, 11) is 0. The fourth-order valence-corrected chi connectivity index (χ4v) is 2.63. The van der Waals surface area contributed by atoms with Crippen molar-refractivity contribution in [2.24, 2.45) is 11.8 Å². The number of anilines is 1. The molecule has 0 amide bonds. The maximum atomic E-state index is 11.8. The fourth-order valence-electron chi connectivity index (χ4n) is 2.63. The standard InChI is InChI=1S/C12H19N3O2/c1-7-3-8(2)5-9(4-7)17-12(16)10-6-11(13)15-14-10/h6-9H,3-5H2,1-2H3,(H3,13,14,15). The normalized spacial score (nSPS) is 28.9. The Morgan fingerprint density at radius 3 is 2.59 bits per heavy atom. The Hall–Kier alpha value is -1.52. The number of ether oxygens (including phenoxy) is 1. The number of hydrogen-bond donors (Lipinski definition) is 2. The molecule has 5 heteroatoms. The third kappa shape index (κ3) is 2.99. The summed E-state index contributed by atoms with van der Waals surface area (Å²) in [6.07, 6.45) is 3.12. The van der Waals surface area contributed by atoms with Gasteiger partial charge >= 0.3 is 5.97 Å². The van der Waals surface area contributed by atoms with Gasteiger partial charge in [0.25, 0.3) is 0 Å². The molecule has 0 aliphatic heterocycles. The average Bonchev–Trinajstić information content (AvgIpc) is 2.63. The zero-order valence-electron chi connectivity index (χ0n) is 10.3. The number of aromatic amines is 1. The van der Waals surface area contributed by atoms with E-state index in [2.05, 4.69) is 24.0 Å². The van der Waals surface area contributed by atoms with Gasteiger partial charge in [0.15, 0.2) is 0 Å². The molecule has 2 atom stereocenters. The molecule has 1 fully saturated rings. The second-order valence-corrected chi connectivity index (χ2v) is 5.15. The summed E-state index contributed by atoms with van der Waals surface area (Å²) >= 11 is 0. The van der Waals surface area contributed by atoms with Crippen molar-refractivity contribution in [3.63, 3.8) is 0 Å². The molecule has 0 aromatic carbocycles. The molecule has 1 saturated carbocycles. The monoisotopic (exact) mass is 237 g/mol. The lowest BCUT2D eigenvalue weighted by Gasteiger charge is -2.30. The maximum absolute atomic E-state index is 11.8. The van der Waals surface area contributed by atoms with E-state index in [1.165, 1.54) is 12.5 Å². The van der Waals surface area contributed by atoms with Crippen molar-refractivity contribution in [1.29, 1.82) is 0 Å². The minimum Gasteiger partial charge on any atom is -0.458 e. The van der Waals surface area contributed by atoms with Gasteiger partial charge in [-0.25, -0.2) is 4.79 Å². The van der Waals surface area contributed by atoms with Gasteiger partial charge in [0.05, 0.1) is 0 Å². The van der Waals surface area contributed by atoms with Crippen LogP contribution in [0.1, 0.15) is 43.6 Å². The van der Waals surface area contributed by atoms with E-state index in [-0.39, 0.29) is 12.1 Å². The van der Waals surface area contributed by atoms with Crippen molar-refractivity contribution in [2.45, 2.75) is 39.2 Å². The summed E-state index contributed by atoms with van der Waals surface area (Å²) < 4.78 is 5.47. The van der Waals surface area contributed by atoms with Crippen LogP contribution in [0, 0.1) is 11.8 Å². The first-order chi connectivity index (χ1) is 8.04. The molecule has 5 nitrogen and oxygen atoms in total. The molecule has 2 rings (SSSR count). The lowest BCUT2D eigenvalue weighted by atomic mass is 9.82. The van der Waals surface area contributed by atoms with Gasteiger partial charge in [-0.05, 0) is 31.1 Å². The van der Waals surface area contributed by atoms with Gasteiger partial charge in [0.1, 0.15) is 17.6 Å². The van der Waals surface area contributed by atoms with Crippen LogP contribution in [0.3, 0.4) is 0 Å². The smallest absolute Gasteiger partial charge is 0.356 e.